The lowest BCUT2D eigenvalue weighted by Gasteiger charge is -1.99. The minimum absolute atomic E-state index is 0.528. The van der Waals surface area contributed by atoms with Crippen LogP contribution in [0.5, 0.6) is 0 Å². The molecular formula is C12H17ClN2O. The molecule has 0 aliphatic rings. The van der Waals surface area contributed by atoms with Gasteiger partial charge in [-0.1, -0.05) is 42.6 Å². The summed E-state index contributed by atoms with van der Waals surface area (Å²) in [5, 5.41) is 16.1. The molecule has 0 unspecified atom stereocenters. The minimum atomic E-state index is 0.528. The van der Waals surface area contributed by atoms with E-state index in [1.54, 1.807) is 24.3 Å². The summed E-state index contributed by atoms with van der Waals surface area (Å²) in [6.07, 6.45) is 4.50. The lowest BCUT2D eigenvalue weighted by atomic mass is 10.2. The maximum atomic E-state index is 11.5. The summed E-state index contributed by atoms with van der Waals surface area (Å²) in [6.45, 7) is 2.75. The van der Waals surface area contributed by atoms with Crippen LogP contribution in [0.15, 0.2) is 29.4 Å². The molecule has 0 bridgehead atoms. The van der Waals surface area contributed by atoms with Gasteiger partial charge >= 0.3 is 0 Å². The third-order valence-electron chi connectivity index (χ3n) is 2.29. The highest BCUT2D eigenvalue weighted by Crippen LogP contribution is 2.16. The van der Waals surface area contributed by atoms with Crippen molar-refractivity contribution in [3.8, 4) is 0 Å². The highest BCUT2D eigenvalue weighted by Gasteiger charge is 2.01. The normalized spacial score (nSPS) is 11.8. The molecular weight excluding hydrogens is 224 g/mol. The largest absolute Gasteiger partial charge is 0.594 e. The summed E-state index contributed by atoms with van der Waals surface area (Å²) in [5.41, 5.74) is 0.528. The molecule has 0 saturated carbocycles. The molecule has 1 rings (SSSR count). The highest BCUT2D eigenvalue weighted by atomic mass is 35.5. The lowest BCUT2D eigenvalue weighted by molar-refractivity contribution is -0.442. The van der Waals surface area contributed by atoms with Crippen LogP contribution in [0.1, 0.15) is 32.6 Å². The SMILES string of the molecule is CCCCCCN=[N+]([O-])c1ccc(Cl)cc1. The Morgan fingerprint density at radius 1 is 1.19 bits per heavy atom. The summed E-state index contributed by atoms with van der Waals surface area (Å²) in [5.74, 6) is 0. The van der Waals surface area contributed by atoms with Crippen molar-refractivity contribution in [2.24, 2.45) is 5.11 Å². The number of azo groups is 1. The molecule has 0 aromatic heterocycles. The molecule has 0 heterocycles. The van der Waals surface area contributed by atoms with E-state index in [-0.39, 0.29) is 0 Å². The van der Waals surface area contributed by atoms with Crippen LogP contribution in [-0.2, 0) is 0 Å². The van der Waals surface area contributed by atoms with Gasteiger partial charge in [0, 0.05) is 17.2 Å². The molecule has 16 heavy (non-hydrogen) atoms. The van der Waals surface area contributed by atoms with Gasteiger partial charge in [0.05, 0.1) is 0 Å². The van der Waals surface area contributed by atoms with Gasteiger partial charge in [0.15, 0.2) is 0 Å². The number of halogens is 1. The average molecular weight is 241 g/mol. The fraction of sp³-hybridized carbons (Fsp3) is 0.500. The minimum Gasteiger partial charge on any atom is -0.594 e. The molecule has 88 valence electrons. The van der Waals surface area contributed by atoms with Crippen LogP contribution < -0.4 is 0 Å². The molecule has 0 radical (unpaired) electrons. The van der Waals surface area contributed by atoms with E-state index in [2.05, 4.69) is 12.0 Å². The van der Waals surface area contributed by atoms with Gasteiger partial charge in [-0.25, -0.2) is 0 Å². The monoisotopic (exact) mass is 240 g/mol. The first kappa shape index (κ1) is 13.0. The molecule has 1 aromatic carbocycles. The van der Waals surface area contributed by atoms with Gasteiger partial charge in [-0.3, -0.25) is 0 Å². The molecule has 0 aliphatic heterocycles. The lowest BCUT2D eigenvalue weighted by Crippen LogP contribution is -1.93. The number of benzene rings is 1. The van der Waals surface area contributed by atoms with Gasteiger partial charge < -0.3 is 5.21 Å². The smallest absolute Gasteiger partial charge is 0.244 e. The molecule has 0 fully saturated rings. The Kier molecular flexibility index (Phi) is 5.86. The topological polar surface area (TPSA) is 38.4 Å². The van der Waals surface area contributed by atoms with Crippen molar-refractivity contribution in [3.05, 3.63) is 34.5 Å². The van der Waals surface area contributed by atoms with E-state index >= 15 is 0 Å². The zero-order valence-corrected chi connectivity index (χ0v) is 10.3. The van der Waals surface area contributed by atoms with Gasteiger partial charge in [0.1, 0.15) is 6.54 Å². The van der Waals surface area contributed by atoms with Crippen molar-refractivity contribution in [1.82, 2.24) is 0 Å². The van der Waals surface area contributed by atoms with Crippen LogP contribution in [0.2, 0.25) is 5.02 Å². The number of nitrogens with zero attached hydrogens (tertiary/aromatic N) is 2. The molecule has 0 spiro atoms. The molecule has 0 amide bonds. The third-order valence-corrected chi connectivity index (χ3v) is 2.54. The third kappa shape index (κ3) is 4.62. The Hall–Kier alpha value is -1.09. The Balaban J connectivity index is 2.41. The van der Waals surface area contributed by atoms with E-state index in [9.17, 15) is 5.21 Å². The first-order chi connectivity index (χ1) is 7.74. The summed E-state index contributed by atoms with van der Waals surface area (Å²) >= 11 is 5.73. The second-order valence-corrected chi connectivity index (χ2v) is 4.11. The van der Waals surface area contributed by atoms with Gasteiger partial charge in [0.2, 0.25) is 5.69 Å². The van der Waals surface area contributed by atoms with Gasteiger partial charge in [-0.05, 0) is 23.7 Å². The molecule has 4 heteroatoms. The van der Waals surface area contributed by atoms with E-state index in [0.717, 1.165) is 12.8 Å². The van der Waals surface area contributed by atoms with Gasteiger partial charge in [0.25, 0.3) is 0 Å². The zero-order chi connectivity index (χ0) is 11.8. The standard InChI is InChI=1S/C12H17ClN2O/c1-2-3-4-5-10-14-15(16)12-8-6-11(13)7-9-12/h6-9H,2-5,10H2,1H3. The van der Waals surface area contributed by atoms with E-state index < -0.39 is 0 Å². The fourth-order valence-corrected chi connectivity index (χ4v) is 1.48. The number of rotatable bonds is 6. The predicted octanol–water partition coefficient (Wildman–Crippen LogP) is 4.51. The van der Waals surface area contributed by atoms with E-state index in [0.29, 0.717) is 22.1 Å². The van der Waals surface area contributed by atoms with Crippen LogP contribution >= 0.6 is 11.6 Å². The summed E-state index contributed by atoms with van der Waals surface area (Å²) in [4.78, 5) is 0.669. The van der Waals surface area contributed by atoms with E-state index in [4.69, 9.17) is 11.6 Å². The van der Waals surface area contributed by atoms with Gasteiger partial charge in [-0.15, -0.1) is 0 Å². The first-order valence-electron chi connectivity index (χ1n) is 5.64. The molecule has 0 N–H and O–H groups in total. The van der Waals surface area contributed by atoms with Crippen molar-refractivity contribution in [2.45, 2.75) is 32.6 Å². The second-order valence-electron chi connectivity index (χ2n) is 3.68. The van der Waals surface area contributed by atoms with Crippen LogP contribution in [0, 0.1) is 5.21 Å². The van der Waals surface area contributed by atoms with Crippen molar-refractivity contribution < 1.29 is 4.86 Å². The highest BCUT2D eigenvalue weighted by molar-refractivity contribution is 6.30. The summed E-state index contributed by atoms with van der Waals surface area (Å²) in [7, 11) is 0. The van der Waals surface area contributed by atoms with Crippen molar-refractivity contribution in [1.29, 1.82) is 0 Å². The Morgan fingerprint density at radius 2 is 1.88 bits per heavy atom. The predicted molar refractivity (Wildman–Crippen MR) is 66.2 cm³/mol. The van der Waals surface area contributed by atoms with Crippen LogP contribution in [0.3, 0.4) is 0 Å². The molecule has 0 atom stereocenters. The molecule has 0 aliphatic carbocycles. The first-order valence-corrected chi connectivity index (χ1v) is 6.02. The summed E-state index contributed by atoms with van der Waals surface area (Å²) < 4.78 is 0. The van der Waals surface area contributed by atoms with Crippen molar-refractivity contribution in [3.63, 3.8) is 0 Å². The van der Waals surface area contributed by atoms with Crippen LogP contribution in [0.4, 0.5) is 5.69 Å². The van der Waals surface area contributed by atoms with E-state index in [1.165, 1.54) is 12.8 Å². The Labute approximate surface area is 101 Å². The quantitative estimate of drug-likeness (QED) is 0.312. The molecule has 3 nitrogen and oxygen atoms in total. The number of hydrogen-bond acceptors (Lipinski definition) is 2. The summed E-state index contributed by atoms with van der Waals surface area (Å²) in [6, 6.07) is 6.72. The fourth-order valence-electron chi connectivity index (χ4n) is 1.35. The van der Waals surface area contributed by atoms with Crippen molar-refractivity contribution >= 4 is 17.3 Å². The Morgan fingerprint density at radius 3 is 2.50 bits per heavy atom. The maximum Gasteiger partial charge on any atom is 0.244 e. The number of hydrogen-bond donors (Lipinski definition) is 0. The average Bonchev–Trinajstić information content (AvgIpc) is 2.29. The molecule has 1 aromatic rings. The number of unbranched alkanes of at least 4 members (excludes halogenated alkanes) is 3. The van der Waals surface area contributed by atoms with Crippen molar-refractivity contribution in [2.75, 3.05) is 6.54 Å². The molecule has 0 saturated heterocycles. The maximum absolute atomic E-state index is 11.5. The van der Waals surface area contributed by atoms with Gasteiger partial charge in [-0.2, -0.15) is 0 Å². The van der Waals surface area contributed by atoms with E-state index in [1.807, 2.05) is 0 Å². The van der Waals surface area contributed by atoms with Crippen LogP contribution in [-0.4, -0.2) is 11.4 Å². The second kappa shape index (κ2) is 7.23. The Bertz CT molecular complexity index is 335. The zero-order valence-electron chi connectivity index (χ0n) is 9.53. The van der Waals surface area contributed by atoms with Crippen LogP contribution in [0.25, 0.3) is 0 Å².